The molecule has 0 unspecified atom stereocenters. The minimum atomic E-state index is -0.606. The molecule has 104 valence electrons. The third-order valence-corrected chi connectivity index (χ3v) is 4.13. The lowest BCUT2D eigenvalue weighted by Gasteiger charge is -2.14. The van der Waals surface area contributed by atoms with E-state index in [2.05, 4.69) is 24.3 Å². The lowest BCUT2D eigenvalue weighted by molar-refractivity contribution is -0.0147. The van der Waals surface area contributed by atoms with Gasteiger partial charge >= 0.3 is 0 Å². The molecule has 0 saturated carbocycles. The maximum absolute atomic E-state index is 5.91. The fourth-order valence-electron chi connectivity index (χ4n) is 2.67. The van der Waals surface area contributed by atoms with E-state index >= 15 is 0 Å². The van der Waals surface area contributed by atoms with E-state index in [1.54, 1.807) is 7.11 Å². The van der Waals surface area contributed by atoms with Gasteiger partial charge in [-0.2, -0.15) is 0 Å². The van der Waals surface area contributed by atoms with E-state index in [1.165, 1.54) is 0 Å². The monoisotopic (exact) mass is 288 g/mol. The predicted molar refractivity (Wildman–Crippen MR) is 80.7 cm³/mol. The highest BCUT2D eigenvalue weighted by Crippen LogP contribution is 2.55. The van der Waals surface area contributed by atoms with E-state index in [0.29, 0.717) is 0 Å². The lowest BCUT2D eigenvalue weighted by atomic mass is 9.96. The maximum atomic E-state index is 5.91. The van der Waals surface area contributed by atoms with E-state index in [1.807, 2.05) is 38.1 Å². The SMILES string of the molecule is CO[C@@]1(c2ccc(-c3ccc(Cl)cc3)cc2)OC1(C)C. The zero-order valence-corrected chi connectivity index (χ0v) is 12.6. The second kappa shape index (κ2) is 4.59. The van der Waals surface area contributed by atoms with Gasteiger partial charge in [-0.3, -0.25) is 0 Å². The molecule has 0 amide bonds. The van der Waals surface area contributed by atoms with Gasteiger partial charge in [-0.25, -0.2) is 0 Å². The molecule has 1 fully saturated rings. The van der Waals surface area contributed by atoms with Gasteiger partial charge in [0.15, 0.2) is 0 Å². The molecule has 2 nitrogen and oxygen atoms in total. The Bertz CT molecular complexity index is 616. The van der Waals surface area contributed by atoms with E-state index in [-0.39, 0.29) is 5.60 Å². The van der Waals surface area contributed by atoms with Crippen molar-refractivity contribution in [1.29, 1.82) is 0 Å². The zero-order valence-electron chi connectivity index (χ0n) is 11.8. The molecular weight excluding hydrogens is 272 g/mol. The van der Waals surface area contributed by atoms with E-state index in [0.717, 1.165) is 21.7 Å². The number of ether oxygens (including phenoxy) is 2. The van der Waals surface area contributed by atoms with Crippen LogP contribution in [0.1, 0.15) is 19.4 Å². The van der Waals surface area contributed by atoms with E-state index in [9.17, 15) is 0 Å². The second-order valence-corrected chi connectivity index (χ2v) is 5.95. The number of rotatable bonds is 3. The molecule has 0 N–H and O–H groups in total. The van der Waals surface area contributed by atoms with Crippen molar-refractivity contribution in [3.63, 3.8) is 0 Å². The Balaban J connectivity index is 1.91. The number of hydrogen-bond acceptors (Lipinski definition) is 2. The summed E-state index contributed by atoms with van der Waals surface area (Å²) in [5, 5.41) is 0.747. The molecule has 2 aromatic rings. The minimum Gasteiger partial charge on any atom is -0.347 e. The van der Waals surface area contributed by atoms with E-state index < -0.39 is 5.79 Å². The summed E-state index contributed by atoms with van der Waals surface area (Å²) in [6, 6.07) is 16.1. The molecule has 3 rings (SSSR count). The van der Waals surface area contributed by atoms with Gasteiger partial charge in [0.2, 0.25) is 5.79 Å². The zero-order chi connectivity index (χ0) is 14.4. The van der Waals surface area contributed by atoms with Crippen LogP contribution in [0.3, 0.4) is 0 Å². The van der Waals surface area contributed by atoms with Crippen LogP contribution in [0.5, 0.6) is 0 Å². The van der Waals surface area contributed by atoms with Gasteiger partial charge < -0.3 is 9.47 Å². The molecule has 1 heterocycles. The van der Waals surface area contributed by atoms with Crippen LogP contribution < -0.4 is 0 Å². The molecule has 20 heavy (non-hydrogen) atoms. The Morgan fingerprint density at radius 2 is 1.35 bits per heavy atom. The highest BCUT2D eigenvalue weighted by Gasteiger charge is 2.66. The van der Waals surface area contributed by atoms with Crippen molar-refractivity contribution in [3.05, 3.63) is 59.1 Å². The first-order valence-corrected chi connectivity index (χ1v) is 6.98. The summed E-state index contributed by atoms with van der Waals surface area (Å²) in [7, 11) is 1.68. The van der Waals surface area contributed by atoms with Crippen LogP contribution in [-0.2, 0) is 15.3 Å². The molecular formula is C17H17ClO2. The molecule has 0 aromatic heterocycles. The standard InChI is InChI=1S/C17H17ClO2/c1-16(2)17(19-3,20-16)14-8-4-12(5-9-14)13-6-10-15(18)11-7-13/h4-11H,1-3H3/t17-/m0/s1. The fraction of sp³-hybridized carbons (Fsp3) is 0.294. The van der Waals surface area contributed by atoms with Crippen molar-refractivity contribution < 1.29 is 9.47 Å². The third-order valence-electron chi connectivity index (χ3n) is 3.88. The molecule has 0 aliphatic carbocycles. The molecule has 1 saturated heterocycles. The average Bonchev–Trinajstić information content (AvgIpc) is 3.03. The summed E-state index contributed by atoms with van der Waals surface area (Å²) in [6.07, 6.45) is 0. The second-order valence-electron chi connectivity index (χ2n) is 5.52. The summed E-state index contributed by atoms with van der Waals surface area (Å²) in [5.41, 5.74) is 3.06. The maximum Gasteiger partial charge on any atom is 0.225 e. The average molecular weight is 289 g/mol. The topological polar surface area (TPSA) is 21.8 Å². The van der Waals surface area contributed by atoms with Crippen LogP contribution in [0, 0.1) is 0 Å². The molecule has 2 aromatic carbocycles. The van der Waals surface area contributed by atoms with Gasteiger partial charge in [0.1, 0.15) is 5.60 Å². The number of halogens is 1. The highest BCUT2D eigenvalue weighted by molar-refractivity contribution is 6.30. The van der Waals surface area contributed by atoms with Gasteiger partial charge in [-0.1, -0.05) is 48.0 Å². The Kier molecular flexibility index (Phi) is 3.13. The summed E-state index contributed by atoms with van der Waals surface area (Å²) >= 11 is 5.91. The Morgan fingerprint density at radius 3 is 1.75 bits per heavy atom. The van der Waals surface area contributed by atoms with Crippen molar-refractivity contribution in [2.75, 3.05) is 7.11 Å². The van der Waals surface area contributed by atoms with Crippen LogP contribution in [0.2, 0.25) is 5.02 Å². The van der Waals surface area contributed by atoms with Crippen molar-refractivity contribution in [3.8, 4) is 11.1 Å². The first kappa shape index (κ1) is 13.6. The minimum absolute atomic E-state index is 0.274. The third kappa shape index (κ3) is 2.05. The first-order chi connectivity index (χ1) is 9.48. The number of methoxy groups -OCH3 is 1. The van der Waals surface area contributed by atoms with Gasteiger partial charge in [0.25, 0.3) is 0 Å². The lowest BCUT2D eigenvalue weighted by Crippen LogP contribution is -2.20. The first-order valence-electron chi connectivity index (χ1n) is 6.60. The van der Waals surface area contributed by atoms with Gasteiger partial charge in [-0.05, 0) is 37.1 Å². The van der Waals surface area contributed by atoms with Crippen molar-refractivity contribution in [2.24, 2.45) is 0 Å². The molecule has 1 aliphatic rings. The molecule has 0 radical (unpaired) electrons. The Morgan fingerprint density at radius 1 is 0.900 bits per heavy atom. The van der Waals surface area contributed by atoms with Crippen LogP contribution in [0.4, 0.5) is 0 Å². The number of hydrogen-bond donors (Lipinski definition) is 0. The Hall–Kier alpha value is -1.35. The molecule has 0 spiro atoms. The Labute approximate surface area is 124 Å². The smallest absolute Gasteiger partial charge is 0.225 e. The predicted octanol–water partition coefficient (Wildman–Crippen LogP) is 4.62. The van der Waals surface area contributed by atoms with Crippen molar-refractivity contribution in [1.82, 2.24) is 0 Å². The van der Waals surface area contributed by atoms with Gasteiger partial charge in [-0.15, -0.1) is 0 Å². The summed E-state index contributed by atoms with van der Waals surface area (Å²) in [5.74, 6) is -0.606. The number of epoxide rings is 1. The molecule has 3 heteroatoms. The molecule has 1 aliphatic heterocycles. The fourth-order valence-corrected chi connectivity index (χ4v) is 2.80. The van der Waals surface area contributed by atoms with Crippen molar-refractivity contribution >= 4 is 11.6 Å². The summed E-state index contributed by atoms with van der Waals surface area (Å²) < 4.78 is 11.3. The van der Waals surface area contributed by atoms with Crippen LogP contribution >= 0.6 is 11.6 Å². The number of benzene rings is 2. The van der Waals surface area contributed by atoms with Crippen LogP contribution in [-0.4, -0.2) is 12.7 Å². The van der Waals surface area contributed by atoms with Gasteiger partial charge in [0, 0.05) is 17.7 Å². The van der Waals surface area contributed by atoms with Crippen molar-refractivity contribution in [2.45, 2.75) is 25.2 Å². The molecule has 0 bridgehead atoms. The van der Waals surface area contributed by atoms with Crippen LogP contribution in [0.15, 0.2) is 48.5 Å². The largest absolute Gasteiger partial charge is 0.347 e. The summed E-state index contributed by atoms with van der Waals surface area (Å²) in [4.78, 5) is 0. The van der Waals surface area contributed by atoms with Gasteiger partial charge in [0.05, 0.1) is 0 Å². The highest BCUT2D eigenvalue weighted by atomic mass is 35.5. The van der Waals surface area contributed by atoms with E-state index in [4.69, 9.17) is 21.1 Å². The molecule has 1 atom stereocenters. The normalized spacial score (nSPS) is 23.6. The summed E-state index contributed by atoms with van der Waals surface area (Å²) in [6.45, 7) is 4.06. The quantitative estimate of drug-likeness (QED) is 0.769. The van der Waals surface area contributed by atoms with Crippen LogP contribution in [0.25, 0.3) is 11.1 Å².